The van der Waals surface area contributed by atoms with Crippen LogP contribution >= 0.6 is 23.1 Å². The van der Waals surface area contributed by atoms with E-state index in [1.807, 2.05) is 32.9 Å². The molecule has 0 spiro atoms. The smallest absolute Gasteiger partial charge is 0.263 e. The summed E-state index contributed by atoms with van der Waals surface area (Å²) in [5.74, 6) is 0.516. The number of carbonyl (C=O) groups is 1. The number of nitrogens with one attached hydrogen (secondary N) is 1. The van der Waals surface area contributed by atoms with Crippen molar-refractivity contribution in [2.45, 2.75) is 44.6 Å². The van der Waals surface area contributed by atoms with Crippen molar-refractivity contribution in [1.29, 1.82) is 0 Å². The quantitative estimate of drug-likeness (QED) is 0.480. The van der Waals surface area contributed by atoms with E-state index in [-0.39, 0.29) is 11.5 Å². The maximum Gasteiger partial charge on any atom is 0.263 e. The summed E-state index contributed by atoms with van der Waals surface area (Å²) in [5, 5.41) is 3.71. The van der Waals surface area contributed by atoms with Crippen LogP contribution in [0.5, 0.6) is 5.75 Å². The fourth-order valence-electron chi connectivity index (χ4n) is 2.83. The van der Waals surface area contributed by atoms with Crippen LogP contribution in [0.1, 0.15) is 24.3 Å². The lowest BCUT2D eigenvalue weighted by Gasteiger charge is -2.15. The molecule has 0 radical (unpaired) electrons. The molecule has 2 aromatic heterocycles. The van der Waals surface area contributed by atoms with Gasteiger partial charge in [0.05, 0.1) is 17.7 Å². The summed E-state index contributed by atoms with van der Waals surface area (Å²) in [6, 6.07) is 7.20. The topological polar surface area (TPSA) is 73.2 Å². The van der Waals surface area contributed by atoms with E-state index in [0.29, 0.717) is 28.5 Å². The van der Waals surface area contributed by atoms with Crippen molar-refractivity contribution in [1.82, 2.24) is 9.55 Å². The first-order valence-corrected chi connectivity index (χ1v) is 10.7. The van der Waals surface area contributed by atoms with E-state index in [9.17, 15) is 9.59 Å². The molecule has 0 bridgehead atoms. The number of fused-ring (bicyclic) bond motifs is 1. The third kappa shape index (κ3) is 3.93. The van der Waals surface area contributed by atoms with Crippen LogP contribution in [-0.4, -0.2) is 27.8 Å². The molecule has 3 aromatic rings. The van der Waals surface area contributed by atoms with Gasteiger partial charge >= 0.3 is 0 Å². The van der Waals surface area contributed by atoms with E-state index in [4.69, 9.17) is 4.74 Å². The summed E-state index contributed by atoms with van der Waals surface area (Å²) < 4.78 is 6.83. The molecular weight excluding hydrogens is 394 g/mol. The zero-order chi connectivity index (χ0) is 20.4. The highest BCUT2D eigenvalue weighted by molar-refractivity contribution is 8.00. The predicted molar refractivity (Wildman–Crippen MR) is 116 cm³/mol. The second kappa shape index (κ2) is 8.36. The molecule has 0 saturated heterocycles. The number of hydrogen-bond donors (Lipinski definition) is 1. The SMILES string of the molecule is CCn1c(S[C@H](C)C(=O)Nc2cccc(OC)c2)nc2sc(C)c(C)c2c1=O. The van der Waals surface area contributed by atoms with Crippen molar-refractivity contribution >= 4 is 44.9 Å². The molecule has 8 heteroatoms. The molecule has 0 unspecified atom stereocenters. The van der Waals surface area contributed by atoms with Crippen molar-refractivity contribution in [2.24, 2.45) is 0 Å². The largest absolute Gasteiger partial charge is 0.497 e. The Morgan fingerprint density at radius 3 is 2.82 bits per heavy atom. The zero-order valence-corrected chi connectivity index (χ0v) is 18.2. The standard InChI is InChI=1S/C20H23N3O3S2/c1-6-23-19(25)16-11(2)12(3)27-18(16)22-20(23)28-13(4)17(24)21-14-8-7-9-15(10-14)26-5/h7-10,13H,6H2,1-5H3,(H,21,24)/t13-/m1/s1. The number of hydrogen-bond acceptors (Lipinski definition) is 6. The molecule has 1 N–H and O–H groups in total. The number of thioether (sulfide) groups is 1. The Hall–Kier alpha value is -2.32. The molecule has 0 aliphatic rings. The molecule has 1 amide bonds. The van der Waals surface area contributed by atoms with Crippen LogP contribution in [-0.2, 0) is 11.3 Å². The van der Waals surface area contributed by atoms with Gasteiger partial charge in [-0.1, -0.05) is 17.8 Å². The third-order valence-electron chi connectivity index (χ3n) is 4.56. The number of aryl methyl sites for hydroxylation is 2. The van der Waals surface area contributed by atoms with Crippen molar-refractivity contribution < 1.29 is 9.53 Å². The summed E-state index contributed by atoms with van der Waals surface area (Å²) in [5.41, 5.74) is 1.61. The van der Waals surface area contributed by atoms with Gasteiger partial charge in [-0.3, -0.25) is 14.2 Å². The number of ether oxygens (including phenoxy) is 1. The van der Waals surface area contributed by atoms with E-state index >= 15 is 0 Å². The number of carbonyl (C=O) groups excluding carboxylic acids is 1. The number of methoxy groups -OCH3 is 1. The van der Waals surface area contributed by atoms with Gasteiger partial charge in [0.15, 0.2) is 5.16 Å². The van der Waals surface area contributed by atoms with Gasteiger partial charge in [-0.25, -0.2) is 4.98 Å². The molecule has 0 saturated carbocycles. The average molecular weight is 418 g/mol. The summed E-state index contributed by atoms with van der Waals surface area (Å²) in [7, 11) is 1.58. The van der Waals surface area contributed by atoms with Gasteiger partial charge in [0.2, 0.25) is 5.91 Å². The van der Waals surface area contributed by atoms with Gasteiger partial charge in [0.25, 0.3) is 5.56 Å². The first-order chi connectivity index (χ1) is 13.3. The Kier molecular flexibility index (Phi) is 6.10. The second-order valence-electron chi connectivity index (χ2n) is 6.39. The first kappa shape index (κ1) is 20.4. The highest BCUT2D eigenvalue weighted by Crippen LogP contribution is 2.30. The average Bonchev–Trinajstić information content (AvgIpc) is 2.96. The van der Waals surface area contributed by atoms with E-state index in [0.717, 1.165) is 15.3 Å². The number of aromatic nitrogens is 2. The molecule has 6 nitrogen and oxygen atoms in total. The molecular formula is C20H23N3O3S2. The number of thiophene rings is 1. The van der Waals surface area contributed by atoms with E-state index in [1.54, 1.807) is 30.7 Å². The molecule has 2 heterocycles. The summed E-state index contributed by atoms with van der Waals surface area (Å²) >= 11 is 2.81. The molecule has 28 heavy (non-hydrogen) atoms. The van der Waals surface area contributed by atoms with Crippen molar-refractivity contribution in [3.63, 3.8) is 0 Å². The van der Waals surface area contributed by atoms with Crippen LogP contribution < -0.4 is 15.6 Å². The van der Waals surface area contributed by atoms with Crippen LogP contribution in [0.2, 0.25) is 0 Å². The minimum absolute atomic E-state index is 0.0442. The molecule has 1 atom stereocenters. The minimum Gasteiger partial charge on any atom is -0.497 e. The van der Waals surface area contributed by atoms with Crippen LogP contribution in [0.25, 0.3) is 10.2 Å². The van der Waals surface area contributed by atoms with Gasteiger partial charge in [-0.05, 0) is 45.4 Å². The normalized spacial score (nSPS) is 12.2. The highest BCUT2D eigenvalue weighted by Gasteiger charge is 2.21. The number of benzene rings is 1. The highest BCUT2D eigenvalue weighted by atomic mass is 32.2. The Labute approximate surface area is 171 Å². The molecule has 3 rings (SSSR count). The molecule has 1 aromatic carbocycles. The maximum absolute atomic E-state index is 12.9. The van der Waals surface area contributed by atoms with Crippen LogP contribution in [0.15, 0.2) is 34.2 Å². The zero-order valence-electron chi connectivity index (χ0n) is 16.5. The molecule has 0 aliphatic heterocycles. The number of nitrogens with zero attached hydrogens (tertiary/aromatic N) is 2. The van der Waals surface area contributed by atoms with Crippen molar-refractivity contribution in [3.05, 3.63) is 45.1 Å². The van der Waals surface area contributed by atoms with Crippen LogP contribution in [0.4, 0.5) is 5.69 Å². The Bertz CT molecular complexity index is 1090. The van der Waals surface area contributed by atoms with Gasteiger partial charge < -0.3 is 10.1 Å². The van der Waals surface area contributed by atoms with Crippen LogP contribution in [0.3, 0.4) is 0 Å². The third-order valence-corrected chi connectivity index (χ3v) is 6.75. The Morgan fingerprint density at radius 1 is 1.39 bits per heavy atom. The fourth-order valence-corrected chi connectivity index (χ4v) is 4.88. The van der Waals surface area contributed by atoms with Gasteiger partial charge in [0, 0.05) is 23.2 Å². The van der Waals surface area contributed by atoms with Crippen molar-refractivity contribution in [2.75, 3.05) is 12.4 Å². The minimum atomic E-state index is -0.421. The van der Waals surface area contributed by atoms with Gasteiger partial charge in [-0.15, -0.1) is 11.3 Å². The maximum atomic E-state index is 12.9. The second-order valence-corrected chi connectivity index (χ2v) is 8.90. The fraction of sp³-hybridized carbons (Fsp3) is 0.350. The molecule has 0 fully saturated rings. The summed E-state index contributed by atoms with van der Waals surface area (Å²) in [4.78, 5) is 32.1. The Balaban J connectivity index is 1.86. The Morgan fingerprint density at radius 2 is 2.14 bits per heavy atom. The number of amides is 1. The lowest BCUT2D eigenvalue weighted by molar-refractivity contribution is -0.115. The lowest BCUT2D eigenvalue weighted by atomic mass is 10.2. The van der Waals surface area contributed by atoms with Crippen molar-refractivity contribution in [3.8, 4) is 5.75 Å². The monoisotopic (exact) mass is 417 g/mol. The molecule has 148 valence electrons. The first-order valence-electron chi connectivity index (χ1n) is 8.97. The van der Waals surface area contributed by atoms with Gasteiger partial charge in [-0.2, -0.15) is 0 Å². The predicted octanol–water partition coefficient (Wildman–Crippen LogP) is 4.22. The van der Waals surface area contributed by atoms with E-state index in [1.165, 1.54) is 23.1 Å². The molecule has 0 aliphatic carbocycles. The summed E-state index contributed by atoms with van der Waals surface area (Å²) in [6.45, 7) is 8.17. The number of anilines is 1. The van der Waals surface area contributed by atoms with Gasteiger partial charge in [0.1, 0.15) is 10.6 Å². The lowest BCUT2D eigenvalue weighted by Crippen LogP contribution is -2.26. The van der Waals surface area contributed by atoms with E-state index in [2.05, 4.69) is 10.3 Å². The van der Waals surface area contributed by atoms with Crippen LogP contribution in [0, 0.1) is 13.8 Å². The summed E-state index contributed by atoms with van der Waals surface area (Å²) in [6.07, 6.45) is 0. The number of rotatable bonds is 6. The van der Waals surface area contributed by atoms with E-state index < -0.39 is 5.25 Å².